The molecule has 2 amide bonds. The zero-order valence-corrected chi connectivity index (χ0v) is 15.8. The Bertz CT molecular complexity index is 1270. The molecule has 1 unspecified atom stereocenters. The predicted octanol–water partition coefficient (Wildman–Crippen LogP) is 1.82. The number of aromatic nitrogens is 2. The first-order valence-electron chi connectivity index (χ1n) is 8.42. The van der Waals surface area contributed by atoms with Crippen molar-refractivity contribution in [3.05, 3.63) is 59.7 Å². The minimum atomic E-state index is -4.43. The summed E-state index contributed by atoms with van der Waals surface area (Å²) in [4.78, 5) is 24.7. The van der Waals surface area contributed by atoms with Crippen molar-refractivity contribution in [3.63, 3.8) is 0 Å². The van der Waals surface area contributed by atoms with E-state index >= 15 is 0 Å². The summed E-state index contributed by atoms with van der Waals surface area (Å²) in [5.74, 6) is -1.38. The third kappa shape index (κ3) is 2.91. The molecule has 0 fully saturated rings. The van der Waals surface area contributed by atoms with Gasteiger partial charge in [-0.15, -0.1) is 5.10 Å². The predicted molar refractivity (Wildman–Crippen MR) is 99.8 cm³/mol. The largest absolute Gasteiger partial charge is 0.478 e. The van der Waals surface area contributed by atoms with Crippen LogP contribution in [0, 0.1) is 0 Å². The first kappa shape index (κ1) is 18.6. The lowest BCUT2D eigenvalue weighted by Gasteiger charge is -2.33. The summed E-state index contributed by atoms with van der Waals surface area (Å²) >= 11 is 0. The van der Waals surface area contributed by atoms with Gasteiger partial charge in [0.1, 0.15) is 5.52 Å². The number of urea groups is 1. The fraction of sp³-hybridized carbons (Fsp3) is 0.111. The Hall–Kier alpha value is -3.73. The Labute approximate surface area is 164 Å². The van der Waals surface area contributed by atoms with Gasteiger partial charge in [0, 0.05) is 10.8 Å². The highest BCUT2D eigenvalue weighted by Crippen LogP contribution is 2.36. The molecule has 1 aliphatic rings. The molecule has 148 valence electrons. The van der Waals surface area contributed by atoms with Crippen molar-refractivity contribution >= 4 is 38.8 Å². The van der Waals surface area contributed by atoms with E-state index in [1.165, 1.54) is 43.3 Å². The Balaban J connectivity index is 2.07. The van der Waals surface area contributed by atoms with Gasteiger partial charge in [-0.1, -0.05) is 30.3 Å². The third-order valence-corrected chi connectivity index (χ3v) is 6.16. The molecule has 2 heterocycles. The molecule has 10 nitrogen and oxygen atoms in total. The number of carboxylic acids is 1. The SMILES string of the molecule is CC1NC(=O)N(S(=O)(=O)c2ccccc2)C(c2cccc3onnc23)=C1C(=O)O. The highest BCUT2D eigenvalue weighted by atomic mass is 32.2. The van der Waals surface area contributed by atoms with Crippen LogP contribution < -0.4 is 5.32 Å². The number of carbonyl (C=O) groups excluding carboxylic acids is 1. The maximum Gasteiger partial charge on any atom is 0.336 e. The fourth-order valence-corrected chi connectivity index (χ4v) is 4.62. The first-order chi connectivity index (χ1) is 13.8. The number of benzene rings is 2. The normalized spacial score (nSPS) is 17.5. The van der Waals surface area contributed by atoms with Gasteiger partial charge in [-0.25, -0.2) is 18.0 Å². The van der Waals surface area contributed by atoms with Crippen molar-refractivity contribution in [2.24, 2.45) is 0 Å². The molecule has 0 bridgehead atoms. The van der Waals surface area contributed by atoms with Gasteiger partial charge < -0.3 is 14.9 Å². The van der Waals surface area contributed by atoms with E-state index in [2.05, 4.69) is 15.7 Å². The van der Waals surface area contributed by atoms with E-state index < -0.39 is 28.1 Å². The standard InChI is InChI=1S/C18H14N4O6S/c1-10-14(17(23)24)16(12-8-5-9-13-15(12)20-21-28-13)22(18(25)19-10)29(26,27)11-6-3-2-4-7-11/h2-10H,1H3,(H,19,25)(H,23,24). The van der Waals surface area contributed by atoms with Gasteiger partial charge in [0.05, 0.1) is 22.2 Å². The second kappa shape index (κ2) is 6.71. The highest BCUT2D eigenvalue weighted by molar-refractivity contribution is 7.90. The summed E-state index contributed by atoms with van der Waals surface area (Å²) in [5, 5.41) is 19.5. The Morgan fingerprint density at radius 3 is 2.59 bits per heavy atom. The number of nitrogens with zero attached hydrogens (tertiary/aromatic N) is 3. The van der Waals surface area contributed by atoms with Crippen LogP contribution in [0.15, 0.2) is 63.5 Å². The van der Waals surface area contributed by atoms with Crippen LogP contribution in [0.3, 0.4) is 0 Å². The Morgan fingerprint density at radius 1 is 1.17 bits per heavy atom. The molecule has 2 aromatic carbocycles. The summed E-state index contributed by atoms with van der Waals surface area (Å²) in [6, 6.07) is 9.87. The molecule has 0 radical (unpaired) electrons. The molecule has 3 aromatic rings. The van der Waals surface area contributed by atoms with Crippen LogP contribution in [0.4, 0.5) is 4.79 Å². The lowest BCUT2D eigenvalue weighted by atomic mass is 9.98. The maximum absolute atomic E-state index is 13.3. The van der Waals surface area contributed by atoms with E-state index in [0.717, 1.165) is 0 Å². The number of carboxylic acid groups (broad SMARTS) is 1. The van der Waals surface area contributed by atoms with Crippen molar-refractivity contribution in [1.29, 1.82) is 0 Å². The molecular weight excluding hydrogens is 400 g/mol. The molecule has 1 aliphatic heterocycles. The summed E-state index contributed by atoms with van der Waals surface area (Å²) < 4.78 is 32.1. The minimum Gasteiger partial charge on any atom is -0.478 e. The van der Waals surface area contributed by atoms with Gasteiger partial charge in [0.25, 0.3) is 10.0 Å². The second-order valence-electron chi connectivity index (χ2n) is 6.25. The number of hydrogen-bond acceptors (Lipinski definition) is 7. The van der Waals surface area contributed by atoms with Crippen LogP contribution in [-0.2, 0) is 14.8 Å². The van der Waals surface area contributed by atoms with Gasteiger partial charge in [-0.05, 0) is 25.1 Å². The van der Waals surface area contributed by atoms with Gasteiger partial charge in [-0.2, -0.15) is 4.31 Å². The number of hydrogen-bond donors (Lipinski definition) is 2. The quantitative estimate of drug-likeness (QED) is 0.658. The fourth-order valence-electron chi connectivity index (χ4n) is 3.20. The average Bonchev–Trinajstić information content (AvgIpc) is 3.16. The average molecular weight is 414 g/mol. The van der Waals surface area contributed by atoms with Crippen molar-refractivity contribution in [2.75, 3.05) is 0 Å². The number of nitrogens with one attached hydrogen (secondary N) is 1. The molecule has 1 aromatic heterocycles. The Morgan fingerprint density at radius 2 is 1.90 bits per heavy atom. The molecular formula is C18H14N4O6S. The van der Waals surface area contributed by atoms with E-state index in [1.54, 1.807) is 12.1 Å². The van der Waals surface area contributed by atoms with Gasteiger partial charge >= 0.3 is 12.0 Å². The van der Waals surface area contributed by atoms with E-state index in [1.807, 2.05) is 0 Å². The molecule has 0 saturated carbocycles. The van der Waals surface area contributed by atoms with Gasteiger partial charge in [0.2, 0.25) is 0 Å². The maximum atomic E-state index is 13.3. The molecule has 0 aliphatic carbocycles. The number of amides is 2. The molecule has 29 heavy (non-hydrogen) atoms. The van der Waals surface area contributed by atoms with Crippen molar-refractivity contribution in [1.82, 2.24) is 20.0 Å². The Kier molecular flexibility index (Phi) is 4.31. The monoisotopic (exact) mass is 414 g/mol. The van der Waals surface area contributed by atoms with Crippen LogP contribution in [-0.4, -0.2) is 46.2 Å². The lowest BCUT2D eigenvalue weighted by Crippen LogP contribution is -2.52. The second-order valence-corrected chi connectivity index (χ2v) is 8.03. The molecule has 2 N–H and O–H groups in total. The van der Waals surface area contributed by atoms with E-state index in [9.17, 15) is 23.1 Å². The molecule has 1 atom stereocenters. The topological polar surface area (TPSA) is 143 Å². The number of fused-ring (bicyclic) bond motifs is 1. The molecule has 11 heteroatoms. The van der Waals surface area contributed by atoms with Crippen LogP contribution >= 0.6 is 0 Å². The smallest absolute Gasteiger partial charge is 0.336 e. The van der Waals surface area contributed by atoms with Crippen LogP contribution in [0.5, 0.6) is 0 Å². The number of aliphatic carboxylic acids is 1. The van der Waals surface area contributed by atoms with E-state index in [-0.39, 0.29) is 32.8 Å². The zero-order valence-electron chi connectivity index (χ0n) is 14.9. The van der Waals surface area contributed by atoms with E-state index in [0.29, 0.717) is 4.31 Å². The first-order valence-corrected chi connectivity index (χ1v) is 9.86. The number of sulfonamides is 1. The molecule has 0 saturated heterocycles. The molecule has 4 rings (SSSR count). The van der Waals surface area contributed by atoms with Crippen molar-refractivity contribution in [3.8, 4) is 0 Å². The molecule has 0 spiro atoms. The minimum absolute atomic E-state index is 0.0994. The zero-order chi connectivity index (χ0) is 20.8. The van der Waals surface area contributed by atoms with Crippen molar-refractivity contribution in [2.45, 2.75) is 17.9 Å². The summed E-state index contributed by atoms with van der Waals surface area (Å²) in [6.45, 7) is 1.45. The van der Waals surface area contributed by atoms with Crippen molar-refractivity contribution < 1.29 is 27.6 Å². The van der Waals surface area contributed by atoms with E-state index in [4.69, 9.17) is 4.52 Å². The highest BCUT2D eigenvalue weighted by Gasteiger charge is 2.43. The van der Waals surface area contributed by atoms with Gasteiger partial charge in [0.15, 0.2) is 5.58 Å². The van der Waals surface area contributed by atoms with Crippen LogP contribution in [0.1, 0.15) is 12.5 Å². The van der Waals surface area contributed by atoms with Crippen LogP contribution in [0.2, 0.25) is 0 Å². The van der Waals surface area contributed by atoms with Gasteiger partial charge in [-0.3, -0.25) is 0 Å². The number of rotatable bonds is 4. The lowest BCUT2D eigenvalue weighted by molar-refractivity contribution is -0.132. The summed E-state index contributed by atoms with van der Waals surface area (Å²) in [6.07, 6.45) is 0. The number of carbonyl (C=O) groups is 2. The summed E-state index contributed by atoms with van der Waals surface area (Å²) in [7, 11) is -4.43. The van der Waals surface area contributed by atoms with Crippen LogP contribution in [0.25, 0.3) is 16.8 Å². The third-order valence-electron chi connectivity index (χ3n) is 4.46. The summed E-state index contributed by atoms with van der Waals surface area (Å²) in [5.41, 5.74) is -0.160.